The van der Waals surface area contributed by atoms with Gasteiger partial charge in [-0.1, -0.05) is 91.0 Å². The molecule has 2 heteroatoms. The molecule has 0 amide bonds. The van der Waals surface area contributed by atoms with Crippen LogP contribution in [0, 0.1) is 0 Å². The SMILES string of the molecule is c1ccc(COP(Cc2ccccc2)Cc2ccccc2)cc1. The fraction of sp³-hybridized carbons (Fsp3) is 0.143. The summed E-state index contributed by atoms with van der Waals surface area (Å²) in [6.07, 6.45) is 2.00. The molecule has 0 atom stereocenters. The van der Waals surface area contributed by atoms with Crippen LogP contribution in [0.25, 0.3) is 0 Å². The van der Waals surface area contributed by atoms with Gasteiger partial charge in [-0.15, -0.1) is 0 Å². The third kappa shape index (κ3) is 5.32. The van der Waals surface area contributed by atoms with Crippen molar-refractivity contribution < 1.29 is 4.52 Å². The van der Waals surface area contributed by atoms with Gasteiger partial charge in [-0.2, -0.15) is 0 Å². The molecule has 0 saturated heterocycles. The normalized spacial score (nSPS) is 10.8. The van der Waals surface area contributed by atoms with E-state index in [9.17, 15) is 0 Å². The van der Waals surface area contributed by atoms with E-state index >= 15 is 0 Å². The first-order valence-electron chi connectivity index (χ1n) is 7.90. The summed E-state index contributed by atoms with van der Waals surface area (Å²) >= 11 is 0. The number of benzene rings is 3. The summed E-state index contributed by atoms with van der Waals surface area (Å²) in [5, 5.41) is 0. The van der Waals surface area contributed by atoms with Gasteiger partial charge in [0, 0.05) is 20.5 Å². The van der Waals surface area contributed by atoms with Crippen LogP contribution < -0.4 is 0 Å². The van der Waals surface area contributed by atoms with Crippen LogP contribution >= 0.6 is 8.15 Å². The molecule has 0 saturated carbocycles. The van der Waals surface area contributed by atoms with Crippen molar-refractivity contribution in [1.82, 2.24) is 0 Å². The zero-order valence-electron chi connectivity index (χ0n) is 13.1. The van der Waals surface area contributed by atoms with Gasteiger partial charge in [-0.25, -0.2) is 0 Å². The Bertz CT molecular complexity index is 641. The van der Waals surface area contributed by atoms with E-state index in [1.807, 2.05) is 6.07 Å². The first-order valence-corrected chi connectivity index (χ1v) is 9.53. The molecule has 116 valence electrons. The van der Waals surface area contributed by atoms with Gasteiger partial charge in [0.05, 0.1) is 6.61 Å². The topological polar surface area (TPSA) is 9.23 Å². The Morgan fingerprint density at radius 3 is 1.35 bits per heavy atom. The summed E-state index contributed by atoms with van der Waals surface area (Å²) in [6.45, 7) is 0.687. The molecule has 0 unspecified atom stereocenters. The van der Waals surface area contributed by atoms with Gasteiger partial charge >= 0.3 is 0 Å². The summed E-state index contributed by atoms with van der Waals surface area (Å²) < 4.78 is 6.30. The predicted octanol–water partition coefficient (Wildman–Crippen LogP) is 6.00. The van der Waals surface area contributed by atoms with Crippen LogP contribution in [0.1, 0.15) is 16.7 Å². The van der Waals surface area contributed by atoms with Crippen LogP contribution in [0.5, 0.6) is 0 Å². The molecule has 3 aromatic carbocycles. The van der Waals surface area contributed by atoms with Crippen LogP contribution in [0.4, 0.5) is 0 Å². The minimum absolute atomic E-state index is 0.537. The molecule has 3 rings (SSSR count). The maximum absolute atomic E-state index is 6.30. The maximum atomic E-state index is 6.30. The van der Waals surface area contributed by atoms with Crippen molar-refractivity contribution >= 4 is 8.15 Å². The predicted molar refractivity (Wildman–Crippen MR) is 98.4 cm³/mol. The van der Waals surface area contributed by atoms with Crippen LogP contribution in [0.3, 0.4) is 0 Å². The Kier molecular flexibility index (Phi) is 5.97. The Morgan fingerprint density at radius 2 is 0.913 bits per heavy atom. The molecule has 0 heterocycles. The van der Waals surface area contributed by atoms with Crippen molar-refractivity contribution in [3.8, 4) is 0 Å². The summed E-state index contributed by atoms with van der Waals surface area (Å²) in [5.41, 5.74) is 3.94. The minimum atomic E-state index is -0.537. The van der Waals surface area contributed by atoms with E-state index in [1.54, 1.807) is 0 Å². The van der Waals surface area contributed by atoms with Crippen LogP contribution in [-0.2, 0) is 23.5 Å². The van der Waals surface area contributed by atoms with E-state index in [1.165, 1.54) is 16.7 Å². The second-order valence-corrected chi connectivity index (χ2v) is 7.38. The van der Waals surface area contributed by atoms with Gasteiger partial charge in [0.2, 0.25) is 0 Å². The van der Waals surface area contributed by atoms with Crippen molar-refractivity contribution in [2.45, 2.75) is 18.9 Å². The molecule has 0 aliphatic rings. The first kappa shape index (κ1) is 15.9. The molecule has 0 aliphatic heterocycles. The maximum Gasteiger partial charge on any atom is 0.0760 e. The Labute approximate surface area is 139 Å². The molecule has 0 N–H and O–H groups in total. The summed E-state index contributed by atoms with van der Waals surface area (Å²) in [7, 11) is -0.537. The molecular formula is C21H21OP. The van der Waals surface area contributed by atoms with Gasteiger partial charge in [-0.05, 0) is 16.7 Å². The van der Waals surface area contributed by atoms with E-state index in [0.29, 0.717) is 6.61 Å². The third-order valence-electron chi connectivity index (χ3n) is 3.66. The number of rotatable bonds is 7. The smallest absolute Gasteiger partial charge is 0.0760 e. The standard InChI is InChI=1S/C21H21OP/c1-4-10-19(11-5-1)16-22-23(17-20-12-6-2-7-13-20)18-21-14-8-3-9-15-21/h1-15H,16-18H2. The lowest BCUT2D eigenvalue weighted by atomic mass is 10.2. The van der Waals surface area contributed by atoms with Gasteiger partial charge in [0.15, 0.2) is 0 Å². The Balaban J connectivity index is 1.67. The average Bonchev–Trinajstić information content (AvgIpc) is 2.62. The molecule has 1 nitrogen and oxygen atoms in total. The van der Waals surface area contributed by atoms with E-state index in [0.717, 1.165) is 12.3 Å². The van der Waals surface area contributed by atoms with E-state index in [2.05, 4.69) is 84.9 Å². The molecule has 0 aliphatic carbocycles. The number of hydrogen-bond donors (Lipinski definition) is 0. The quantitative estimate of drug-likeness (QED) is 0.485. The van der Waals surface area contributed by atoms with E-state index < -0.39 is 8.15 Å². The van der Waals surface area contributed by atoms with Crippen molar-refractivity contribution in [2.75, 3.05) is 0 Å². The molecular weight excluding hydrogens is 299 g/mol. The van der Waals surface area contributed by atoms with Crippen molar-refractivity contribution in [3.05, 3.63) is 108 Å². The van der Waals surface area contributed by atoms with Crippen molar-refractivity contribution in [1.29, 1.82) is 0 Å². The van der Waals surface area contributed by atoms with Crippen molar-refractivity contribution in [3.63, 3.8) is 0 Å². The van der Waals surface area contributed by atoms with Gasteiger partial charge < -0.3 is 4.52 Å². The first-order chi connectivity index (χ1) is 11.4. The molecule has 3 aromatic rings. The second-order valence-electron chi connectivity index (χ2n) is 5.53. The van der Waals surface area contributed by atoms with Gasteiger partial charge in [-0.3, -0.25) is 0 Å². The highest BCUT2D eigenvalue weighted by molar-refractivity contribution is 7.50. The monoisotopic (exact) mass is 320 g/mol. The molecule has 0 radical (unpaired) electrons. The fourth-order valence-corrected chi connectivity index (χ4v) is 4.32. The summed E-state index contributed by atoms with van der Waals surface area (Å²) in [4.78, 5) is 0. The number of hydrogen-bond acceptors (Lipinski definition) is 1. The highest BCUT2D eigenvalue weighted by Gasteiger charge is 2.11. The van der Waals surface area contributed by atoms with Crippen LogP contribution in [0.15, 0.2) is 91.0 Å². The second kappa shape index (κ2) is 8.62. The van der Waals surface area contributed by atoms with Gasteiger partial charge in [0.1, 0.15) is 0 Å². The highest BCUT2D eigenvalue weighted by atomic mass is 31.1. The largest absolute Gasteiger partial charge is 0.354 e. The molecule has 0 spiro atoms. The molecule has 0 bridgehead atoms. The highest BCUT2D eigenvalue weighted by Crippen LogP contribution is 2.45. The molecule has 0 fully saturated rings. The lowest BCUT2D eigenvalue weighted by Crippen LogP contribution is -1.95. The molecule has 23 heavy (non-hydrogen) atoms. The molecule has 0 aromatic heterocycles. The van der Waals surface area contributed by atoms with E-state index in [4.69, 9.17) is 4.52 Å². The van der Waals surface area contributed by atoms with Gasteiger partial charge in [0.25, 0.3) is 0 Å². The fourth-order valence-electron chi connectivity index (χ4n) is 2.46. The lowest BCUT2D eigenvalue weighted by molar-refractivity contribution is 0.339. The minimum Gasteiger partial charge on any atom is -0.354 e. The Morgan fingerprint density at radius 1 is 0.522 bits per heavy atom. The van der Waals surface area contributed by atoms with Crippen LogP contribution in [-0.4, -0.2) is 0 Å². The van der Waals surface area contributed by atoms with E-state index in [-0.39, 0.29) is 0 Å². The summed E-state index contributed by atoms with van der Waals surface area (Å²) in [5.74, 6) is 0. The summed E-state index contributed by atoms with van der Waals surface area (Å²) in [6, 6.07) is 31.7. The lowest BCUT2D eigenvalue weighted by Gasteiger charge is -2.18. The zero-order valence-corrected chi connectivity index (χ0v) is 14.0. The average molecular weight is 320 g/mol. The Hall–Kier alpha value is -1.95. The third-order valence-corrected chi connectivity index (χ3v) is 5.59. The van der Waals surface area contributed by atoms with Crippen LogP contribution in [0.2, 0.25) is 0 Å². The van der Waals surface area contributed by atoms with Crippen molar-refractivity contribution in [2.24, 2.45) is 0 Å². The zero-order chi connectivity index (χ0) is 15.7.